The molecule has 6 heteroatoms. The zero-order valence-electron chi connectivity index (χ0n) is 10.6. The van der Waals surface area contributed by atoms with E-state index in [0.29, 0.717) is 5.02 Å². The van der Waals surface area contributed by atoms with Crippen molar-refractivity contribution >= 4 is 28.8 Å². The van der Waals surface area contributed by atoms with Crippen LogP contribution in [0.15, 0.2) is 47.4 Å². The molecule has 0 aliphatic carbocycles. The Labute approximate surface area is 126 Å². The van der Waals surface area contributed by atoms with Crippen LogP contribution < -0.4 is 16.0 Å². The van der Waals surface area contributed by atoms with Crippen LogP contribution in [-0.4, -0.2) is 9.56 Å². The van der Waals surface area contributed by atoms with Crippen LogP contribution in [0.5, 0.6) is 5.75 Å². The van der Waals surface area contributed by atoms with Crippen molar-refractivity contribution in [1.82, 2.24) is 4.57 Å². The lowest BCUT2D eigenvalue weighted by molar-refractivity contribution is 0.299. The van der Waals surface area contributed by atoms with E-state index in [1.165, 1.54) is 4.57 Å². The fraction of sp³-hybridized carbons (Fsp3) is 0.143. The van der Waals surface area contributed by atoms with Crippen LogP contribution in [0.25, 0.3) is 0 Å². The van der Waals surface area contributed by atoms with E-state index >= 15 is 0 Å². The average Bonchev–Trinajstić information content (AvgIpc) is 2.39. The highest BCUT2D eigenvalue weighted by atomic mass is 35.5. The summed E-state index contributed by atoms with van der Waals surface area (Å²) in [6, 6.07) is 10.6. The molecule has 1 aromatic heterocycles. The number of hydrogen-bond donors (Lipinski definition) is 1. The Kier molecular flexibility index (Phi) is 4.76. The molecule has 20 heavy (non-hydrogen) atoms. The van der Waals surface area contributed by atoms with Crippen molar-refractivity contribution in [3.8, 4) is 5.75 Å². The van der Waals surface area contributed by atoms with Gasteiger partial charge in [-0.05, 0) is 29.8 Å². The Morgan fingerprint density at radius 3 is 2.85 bits per heavy atom. The van der Waals surface area contributed by atoms with Crippen LogP contribution >= 0.6 is 23.8 Å². The molecule has 0 saturated heterocycles. The van der Waals surface area contributed by atoms with E-state index < -0.39 is 0 Å². The highest BCUT2D eigenvalue weighted by Gasteiger charge is 2.05. The molecule has 0 spiro atoms. The second kappa shape index (κ2) is 6.54. The molecule has 2 rings (SSSR count). The molecule has 4 nitrogen and oxygen atoms in total. The molecule has 0 amide bonds. The van der Waals surface area contributed by atoms with Crippen molar-refractivity contribution in [2.75, 3.05) is 0 Å². The van der Waals surface area contributed by atoms with Crippen molar-refractivity contribution in [3.63, 3.8) is 0 Å². The first-order valence-electron chi connectivity index (χ1n) is 5.91. The zero-order chi connectivity index (χ0) is 14.5. The van der Waals surface area contributed by atoms with E-state index in [4.69, 9.17) is 34.3 Å². The second-order valence-corrected chi connectivity index (χ2v) is 5.15. The van der Waals surface area contributed by atoms with E-state index in [9.17, 15) is 4.79 Å². The topological polar surface area (TPSA) is 57.2 Å². The molecule has 0 aliphatic heterocycles. The van der Waals surface area contributed by atoms with Crippen LogP contribution in [-0.2, 0) is 13.2 Å². The molecular formula is C14H13ClN2O2S. The van der Waals surface area contributed by atoms with Crippen molar-refractivity contribution in [3.05, 3.63) is 63.5 Å². The maximum absolute atomic E-state index is 12.1. The summed E-state index contributed by atoms with van der Waals surface area (Å²) in [4.78, 5) is 12.3. The van der Waals surface area contributed by atoms with Crippen molar-refractivity contribution in [1.29, 1.82) is 0 Å². The molecule has 0 aliphatic rings. The third-order valence-electron chi connectivity index (χ3n) is 2.59. The molecule has 0 unspecified atom stereocenters. The predicted molar refractivity (Wildman–Crippen MR) is 83.3 cm³/mol. The molecule has 0 saturated carbocycles. The van der Waals surface area contributed by atoms with Gasteiger partial charge in [0.05, 0.1) is 11.5 Å². The standard InChI is InChI=1S/C14H13ClN2O2S/c15-11-4-1-3-10(7-11)9-19-12-5-2-6-17(14(12)18)8-13(16)20/h1-7H,8-9H2,(H2,16,20). The van der Waals surface area contributed by atoms with Gasteiger partial charge in [-0.1, -0.05) is 36.0 Å². The van der Waals surface area contributed by atoms with Gasteiger partial charge in [-0.25, -0.2) is 0 Å². The molecule has 2 aromatic rings. The van der Waals surface area contributed by atoms with E-state index in [2.05, 4.69) is 0 Å². The smallest absolute Gasteiger partial charge is 0.293 e. The quantitative estimate of drug-likeness (QED) is 0.862. The number of rotatable bonds is 5. The second-order valence-electron chi connectivity index (χ2n) is 4.19. The fourth-order valence-corrected chi connectivity index (χ4v) is 2.06. The van der Waals surface area contributed by atoms with Gasteiger partial charge >= 0.3 is 0 Å². The number of pyridine rings is 1. The number of nitrogens with two attached hydrogens (primary N) is 1. The Morgan fingerprint density at radius 1 is 1.35 bits per heavy atom. The number of thiocarbonyl (C=S) groups is 1. The minimum Gasteiger partial charge on any atom is -0.483 e. The zero-order valence-corrected chi connectivity index (χ0v) is 12.2. The van der Waals surface area contributed by atoms with Crippen molar-refractivity contribution in [2.45, 2.75) is 13.2 Å². The van der Waals surface area contributed by atoms with Crippen LogP contribution in [0.1, 0.15) is 5.56 Å². The summed E-state index contributed by atoms with van der Waals surface area (Å²) in [7, 11) is 0. The van der Waals surface area contributed by atoms with Crippen LogP contribution in [0.3, 0.4) is 0 Å². The number of nitrogens with zero attached hydrogens (tertiary/aromatic N) is 1. The normalized spacial score (nSPS) is 10.2. The summed E-state index contributed by atoms with van der Waals surface area (Å²) in [5, 5.41) is 0.630. The molecule has 0 bridgehead atoms. The maximum atomic E-state index is 12.1. The molecular weight excluding hydrogens is 296 g/mol. The minimum absolute atomic E-state index is 0.197. The van der Waals surface area contributed by atoms with Crippen molar-refractivity contribution in [2.24, 2.45) is 5.73 Å². The minimum atomic E-state index is -0.262. The summed E-state index contributed by atoms with van der Waals surface area (Å²) >= 11 is 10.7. The van der Waals surface area contributed by atoms with Gasteiger partial charge in [0.2, 0.25) is 0 Å². The molecule has 0 radical (unpaired) electrons. The number of ether oxygens (including phenoxy) is 1. The Morgan fingerprint density at radius 2 is 2.15 bits per heavy atom. The largest absolute Gasteiger partial charge is 0.483 e. The third-order valence-corrected chi connectivity index (χ3v) is 2.96. The number of halogens is 1. The third kappa shape index (κ3) is 3.82. The average molecular weight is 309 g/mol. The SMILES string of the molecule is NC(=S)Cn1cccc(OCc2cccc(Cl)c2)c1=O. The number of hydrogen-bond acceptors (Lipinski definition) is 3. The van der Waals surface area contributed by atoms with Gasteiger partial charge in [0.1, 0.15) is 6.61 Å². The first kappa shape index (κ1) is 14.6. The molecule has 0 atom stereocenters. The van der Waals surface area contributed by atoms with Crippen LogP contribution in [0, 0.1) is 0 Å². The van der Waals surface area contributed by atoms with Crippen molar-refractivity contribution < 1.29 is 4.74 Å². The van der Waals surface area contributed by atoms with Gasteiger partial charge in [0.25, 0.3) is 5.56 Å². The highest BCUT2D eigenvalue weighted by Crippen LogP contribution is 2.12. The monoisotopic (exact) mass is 308 g/mol. The lowest BCUT2D eigenvalue weighted by Gasteiger charge is -2.09. The van der Waals surface area contributed by atoms with E-state index in [0.717, 1.165) is 5.56 Å². The Balaban J connectivity index is 2.14. The predicted octanol–water partition coefficient (Wildman–Crippen LogP) is 2.37. The van der Waals surface area contributed by atoms with E-state index in [1.807, 2.05) is 12.1 Å². The lowest BCUT2D eigenvalue weighted by atomic mass is 10.2. The van der Waals surface area contributed by atoms with Gasteiger partial charge in [0, 0.05) is 11.2 Å². The molecule has 104 valence electrons. The van der Waals surface area contributed by atoms with Gasteiger partial charge < -0.3 is 15.0 Å². The maximum Gasteiger partial charge on any atom is 0.293 e. The van der Waals surface area contributed by atoms with E-state index in [-0.39, 0.29) is 29.4 Å². The van der Waals surface area contributed by atoms with Crippen LogP contribution in [0.4, 0.5) is 0 Å². The first-order valence-corrected chi connectivity index (χ1v) is 6.70. The Bertz CT molecular complexity index is 685. The van der Waals surface area contributed by atoms with E-state index in [1.54, 1.807) is 30.5 Å². The Hall–Kier alpha value is -1.85. The molecule has 0 fully saturated rings. The summed E-state index contributed by atoms with van der Waals surface area (Å²) in [5.41, 5.74) is 6.07. The van der Waals surface area contributed by atoms with Gasteiger partial charge in [0.15, 0.2) is 5.75 Å². The fourth-order valence-electron chi connectivity index (χ4n) is 1.70. The van der Waals surface area contributed by atoms with Crippen LogP contribution in [0.2, 0.25) is 5.02 Å². The summed E-state index contributed by atoms with van der Waals surface area (Å²) in [5.74, 6) is 0.253. The highest BCUT2D eigenvalue weighted by molar-refractivity contribution is 7.80. The first-order chi connectivity index (χ1) is 9.56. The van der Waals surface area contributed by atoms with Gasteiger partial charge in [-0.2, -0.15) is 0 Å². The molecule has 1 aromatic carbocycles. The molecule has 1 heterocycles. The van der Waals surface area contributed by atoms with Gasteiger partial charge in [-0.15, -0.1) is 0 Å². The van der Waals surface area contributed by atoms with Gasteiger partial charge in [-0.3, -0.25) is 4.79 Å². The summed E-state index contributed by atoms with van der Waals surface area (Å²) in [6.45, 7) is 0.468. The summed E-state index contributed by atoms with van der Waals surface area (Å²) < 4.78 is 6.94. The number of aromatic nitrogens is 1. The lowest BCUT2D eigenvalue weighted by Crippen LogP contribution is -2.27. The summed E-state index contributed by atoms with van der Waals surface area (Å²) in [6.07, 6.45) is 1.62. The number of benzene rings is 1. The molecule has 2 N–H and O–H groups in total.